The van der Waals surface area contributed by atoms with Crippen molar-refractivity contribution in [2.45, 2.75) is 32.2 Å². The molecule has 0 saturated heterocycles. The van der Waals surface area contributed by atoms with Crippen molar-refractivity contribution in [3.63, 3.8) is 0 Å². The molecule has 33 heavy (non-hydrogen) atoms. The summed E-state index contributed by atoms with van der Waals surface area (Å²) in [6.07, 6.45) is 4.67. The maximum absolute atomic E-state index is 13.0. The Morgan fingerprint density at radius 3 is 2.73 bits per heavy atom. The number of amides is 1. The number of hydrogen-bond donors (Lipinski definition) is 2. The SMILES string of the molecule is Cc1cccc(-c2cc(Nc3cccc(C(=O)N[C@@H]4CCCc5ccccc54)c3)ncn2)c1. The summed E-state index contributed by atoms with van der Waals surface area (Å²) in [6, 6.07) is 26.1. The first-order valence-corrected chi connectivity index (χ1v) is 11.3. The van der Waals surface area contributed by atoms with Gasteiger partial charge in [-0.15, -0.1) is 0 Å². The molecule has 164 valence electrons. The summed E-state index contributed by atoms with van der Waals surface area (Å²) in [5.41, 5.74) is 7.06. The fourth-order valence-corrected chi connectivity index (χ4v) is 4.42. The van der Waals surface area contributed by atoms with Gasteiger partial charge in [-0.3, -0.25) is 4.79 Å². The molecule has 1 atom stereocenters. The molecule has 0 spiro atoms. The van der Waals surface area contributed by atoms with Crippen LogP contribution in [0.15, 0.2) is 85.2 Å². The lowest BCUT2D eigenvalue weighted by molar-refractivity contribution is 0.0933. The van der Waals surface area contributed by atoms with Crippen LogP contribution in [-0.4, -0.2) is 15.9 Å². The van der Waals surface area contributed by atoms with Crippen molar-refractivity contribution >= 4 is 17.4 Å². The lowest BCUT2D eigenvalue weighted by atomic mass is 9.87. The van der Waals surface area contributed by atoms with Crippen LogP contribution in [0.5, 0.6) is 0 Å². The molecule has 0 aliphatic heterocycles. The molecule has 1 amide bonds. The van der Waals surface area contributed by atoms with E-state index in [4.69, 9.17) is 0 Å². The minimum atomic E-state index is -0.0662. The van der Waals surface area contributed by atoms with Crippen LogP contribution in [0.4, 0.5) is 11.5 Å². The number of hydrogen-bond acceptors (Lipinski definition) is 4. The standard InChI is InChI=1S/C28H26N4O/c1-19-7-4-10-21(15-19)26-17-27(30-18-29-26)31-23-12-5-11-22(16-23)28(33)32-25-14-6-9-20-8-2-3-13-24(20)25/h2-5,7-8,10-13,15-18,25H,6,9,14H2,1H3,(H,32,33)(H,29,30,31)/t25-/m1/s1. The number of carbonyl (C=O) groups is 1. The van der Waals surface area contributed by atoms with Gasteiger partial charge in [0.25, 0.3) is 5.91 Å². The molecule has 1 aliphatic rings. The molecule has 5 rings (SSSR count). The van der Waals surface area contributed by atoms with E-state index in [1.807, 2.05) is 48.5 Å². The molecule has 5 nitrogen and oxygen atoms in total. The zero-order chi connectivity index (χ0) is 22.6. The highest BCUT2D eigenvalue weighted by Crippen LogP contribution is 2.30. The van der Waals surface area contributed by atoms with E-state index >= 15 is 0 Å². The Labute approximate surface area is 193 Å². The molecule has 0 saturated carbocycles. The minimum absolute atomic E-state index is 0.0535. The second-order valence-corrected chi connectivity index (χ2v) is 8.48. The number of nitrogens with one attached hydrogen (secondary N) is 2. The summed E-state index contributed by atoms with van der Waals surface area (Å²) in [7, 11) is 0. The van der Waals surface area contributed by atoms with Gasteiger partial charge in [-0.05, 0) is 61.6 Å². The molecule has 5 heteroatoms. The highest BCUT2D eigenvalue weighted by Gasteiger charge is 2.22. The highest BCUT2D eigenvalue weighted by molar-refractivity contribution is 5.95. The Kier molecular flexibility index (Phi) is 5.85. The number of aromatic nitrogens is 2. The van der Waals surface area contributed by atoms with Gasteiger partial charge in [-0.25, -0.2) is 9.97 Å². The third-order valence-electron chi connectivity index (χ3n) is 6.05. The minimum Gasteiger partial charge on any atom is -0.345 e. The molecule has 1 heterocycles. The van der Waals surface area contributed by atoms with Crippen LogP contribution in [0, 0.1) is 6.92 Å². The monoisotopic (exact) mass is 434 g/mol. The maximum atomic E-state index is 13.0. The molecule has 3 aromatic carbocycles. The average molecular weight is 435 g/mol. The van der Waals surface area contributed by atoms with Crippen molar-refractivity contribution in [2.24, 2.45) is 0 Å². The summed E-state index contributed by atoms with van der Waals surface area (Å²) < 4.78 is 0. The number of benzene rings is 3. The molecular weight excluding hydrogens is 408 g/mol. The largest absolute Gasteiger partial charge is 0.345 e. The second-order valence-electron chi connectivity index (χ2n) is 8.48. The Morgan fingerprint density at radius 1 is 0.939 bits per heavy atom. The smallest absolute Gasteiger partial charge is 0.251 e. The van der Waals surface area contributed by atoms with Crippen molar-refractivity contribution in [1.29, 1.82) is 0 Å². The lowest BCUT2D eigenvalue weighted by Gasteiger charge is -2.26. The van der Waals surface area contributed by atoms with E-state index in [9.17, 15) is 4.79 Å². The number of fused-ring (bicyclic) bond motifs is 1. The first-order valence-electron chi connectivity index (χ1n) is 11.3. The second kappa shape index (κ2) is 9.25. The zero-order valence-electron chi connectivity index (χ0n) is 18.6. The fraction of sp³-hybridized carbons (Fsp3) is 0.179. The van der Waals surface area contributed by atoms with Gasteiger partial charge in [0.1, 0.15) is 12.1 Å². The summed E-state index contributed by atoms with van der Waals surface area (Å²) in [5, 5.41) is 6.54. The van der Waals surface area contributed by atoms with E-state index in [1.165, 1.54) is 16.7 Å². The summed E-state index contributed by atoms with van der Waals surface area (Å²) in [5.74, 6) is 0.615. The predicted octanol–water partition coefficient (Wildman–Crippen LogP) is 6.00. The summed E-state index contributed by atoms with van der Waals surface area (Å²) >= 11 is 0. The number of nitrogens with zero attached hydrogens (tertiary/aromatic N) is 2. The van der Waals surface area contributed by atoms with E-state index in [0.717, 1.165) is 36.2 Å². The topological polar surface area (TPSA) is 66.9 Å². The third-order valence-corrected chi connectivity index (χ3v) is 6.05. The molecule has 0 unspecified atom stereocenters. The van der Waals surface area contributed by atoms with Crippen LogP contribution in [0.2, 0.25) is 0 Å². The van der Waals surface area contributed by atoms with Crippen LogP contribution < -0.4 is 10.6 Å². The van der Waals surface area contributed by atoms with Crippen molar-refractivity contribution in [3.05, 3.63) is 107 Å². The molecular formula is C28H26N4O. The van der Waals surface area contributed by atoms with Gasteiger partial charge in [-0.2, -0.15) is 0 Å². The number of aryl methyl sites for hydroxylation is 2. The summed E-state index contributed by atoms with van der Waals surface area (Å²) in [6.45, 7) is 2.06. The normalized spacial score (nSPS) is 14.9. The fourth-order valence-electron chi connectivity index (χ4n) is 4.42. The van der Waals surface area contributed by atoms with Gasteiger partial charge in [0.2, 0.25) is 0 Å². The van der Waals surface area contributed by atoms with Crippen LogP contribution in [0.25, 0.3) is 11.3 Å². The van der Waals surface area contributed by atoms with Crippen molar-refractivity contribution in [3.8, 4) is 11.3 Å². The van der Waals surface area contributed by atoms with Gasteiger partial charge < -0.3 is 10.6 Å². The number of rotatable bonds is 5. The maximum Gasteiger partial charge on any atom is 0.251 e. The van der Waals surface area contributed by atoms with Gasteiger partial charge in [0.15, 0.2) is 0 Å². The van der Waals surface area contributed by atoms with Gasteiger partial charge in [0, 0.05) is 22.9 Å². The Morgan fingerprint density at radius 2 is 1.82 bits per heavy atom. The first-order chi connectivity index (χ1) is 16.2. The van der Waals surface area contributed by atoms with Gasteiger partial charge in [0.05, 0.1) is 11.7 Å². The van der Waals surface area contributed by atoms with Crippen molar-refractivity contribution in [2.75, 3.05) is 5.32 Å². The molecule has 0 fully saturated rings. The van der Waals surface area contributed by atoms with Crippen molar-refractivity contribution in [1.82, 2.24) is 15.3 Å². The number of carbonyl (C=O) groups excluding carboxylic acids is 1. The van der Waals surface area contributed by atoms with Crippen LogP contribution in [0.1, 0.15) is 45.9 Å². The Balaban J connectivity index is 1.32. The van der Waals surface area contributed by atoms with E-state index < -0.39 is 0 Å². The van der Waals surface area contributed by atoms with Crippen LogP contribution in [0.3, 0.4) is 0 Å². The molecule has 1 aliphatic carbocycles. The lowest BCUT2D eigenvalue weighted by Crippen LogP contribution is -2.31. The van der Waals surface area contributed by atoms with E-state index in [1.54, 1.807) is 6.33 Å². The molecule has 0 bridgehead atoms. The summed E-state index contributed by atoms with van der Waals surface area (Å²) in [4.78, 5) is 21.8. The van der Waals surface area contributed by atoms with Crippen LogP contribution >= 0.6 is 0 Å². The van der Waals surface area contributed by atoms with Crippen molar-refractivity contribution < 1.29 is 4.79 Å². The highest BCUT2D eigenvalue weighted by atomic mass is 16.1. The average Bonchev–Trinajstić information content (AvgIpc) is 2.85. The predicted molar refractivity (Wildman–Crippen MR) is 132 cm³/mol. The van der Waals surface area contributed by atoms with E-state index in [-0.39, 0.29) is 11.9 Å². The number of anilines is 2. The third kappa shape index (κ3) is 4.77. The Bertz CT molecular complexity index is 1300. The first kappa shape index (κ1) is 20.9. The van der Waals surface area contributed by atoms with Gasteiger partial charge in [-0.1, -0.05) is 54.1 Å². The molecule has 1 aromatic heterocycles. The van der Waals surface area contributed by atoms with E-state index in [0.29, 0.717) is 11.4 Å². The molecule has 2 N–H and O–H groups in total. The Hall–Kier alpha value is -3.99. The zero-order valence-corrected chi connectivity index (χ0v) is 18.6. The van der Waals surface area contributed by atoms with Gasteiger partial charge >= 0.3 is 0 Å². The quantitative estimate of drug-likeness (QED) is 0.404. The molecule has 0 radical (unpaired) electrons. The van der Waals surface area contributed by atoms with E-state index in [2.05, 4.69) is 57.9 Å². The molecule has 4 aromatic rings. The van der Waals surface area contributed by atoms with Crippen LogP contribution in [-0.2, 0) is 6.42 Å².